The molecule has 0 aromatic heterocycles. The topological polar surface area (TPSA) is 40.9 Å². The number of alkyl halides is 1. The van der Waals surface area contributed by atoms with Crippen molar-refractivity contribution in [3.8, 4) is 17.2 Å². The molecule has 0 N–H and O–H groups in total. The van der Waals surface area contributed by atoms with Crippen LogP contribution in [0, 0.1) is 18.3 Å². The highest BCUT2D eigenvalue weighted by molar-refractivity contribution is 9.09. The van der Waals surface area contributed by atoms with E-state index in [1.807, 2.05) is 37.3 Å². The van der Waals surface area contributed by atoms with Gasteiger partial charge in [0.25, 0.3) is 0 Å². The van der Waals surface area contributed by atoms with E-state index in [1.54, 1.807) is 0 Å². The van der Waals surface area contributed by atoms with Crippen molar-refractivity contribution < 1.29 is 4.79 Å². The van der Waals surface area contributed by atoms with Crippen LogP contribution in [-0.2, 0) is 0 Å². The monoisotopic (exact) mass is 287 g/mol. The van der Waals surface area contributed by atoms with Gasteiger partial charge in [0.1, 0.15) is 6.07 Å². The molecule has 0 bridgehead atoms. The van der Waals surface area contributed by atoms with Crippen molar-refractivity contribution in [1.29, 1.82) is 5.26 Å². The van der Waals surface area contributed by atoms with E-state index in [0.717, 1.165) is 16.7 Å². The average molecular weight is 288 g/mol. The summed E-state index contributed by atoms with van der Waals surface area (Å²) in [5.74, 6) is 0.0141. The smallest absolute Gasteiger partial charge is 0.174 e. The van der Waals surface area contributed by atoms with E-state index in [0.29, 0.717) is 11.1 Å². The second-order valence-electron chi connectivity index (χ2n) is 3.78. The van der Waals surface area contributed by atoms with Crippen LogP contribution in [0.1, 0.15) is 21.5 Å². The third-order valence-electron chi connectivity index (χ3n) is 2.84. The lowest BCUT2D eigenvalue weighted by Gasteiger charge is -1.98. The lowest BCUT2D eigenvalue weighted by atomic mass is 10.1. The fraction of sp³-hybridized carbons (Fsp3) is 0.143. The first-order valence-corrected chi connectivity index (χ1v) is 6.33. The molecule has 0 radical (unpaired) electrons. The van der Waals surface area contributed by atoms with Crippen LogP contribution in [0.4, 0.5) is 0 Å². The predicted octanol–water partition coefficient (Wildman–Crippen LogP) is 3.55. The minimum atomic E-state index is 0.0141. The molecule has 0 saturated carbocycles. The Morgan fingerprint density at radius 2 is 1.94 bits per heavy atom. The molecule has 2 aliphatic rings. The van der Waals surface area contributed by atoms with Crippen LogP contribution in [-0.4, -0.2) is 11.1 Å². The molecule has 0 heterocycles. The van der Waals surface area contributed by atoms with Crippen LogP contribution < -0.4 is 0 Å². The van der Waals surface area contributed by atoms with Crippen molar-refractivity contribution in [3.05, 3.63) is 47.0 Å². The zero-order valence-corrected chi connectivity index (χ0v) is 10.9. The molecule has 2 aliphatic carbocycles. The van der Waals surface area contributed by atoms with Gasteiger partial charge in [-0.05, 0) is 18.1 Å². The van der Waals surface area contributed by atoms with E-state index in [-0.39, 0.29) is 11.1 Å². The first-order chi connectivity index (χ1) is 8.20. The number of ketones is 1. The quantitative estimate of drug-likeness (QED) is 0.626. The summed E-state index contributed by atoms with van der Waals surface area (Å²) in [4.78, 5) is 11.9. The summed E-state index contributed by atoms with van der Waals surface area (Å²) in [5.41, 5.74) is 3.73. The molecule has 0 atom stereocenters. The summed E-state index contributed by atoms with van der Waals surface area (Å²) >= 11 is 3.18. The van der Waals surface area contributed by atoms with Gasteiger partial charge in [0.2, 0.25) is 0 Å². The largest absolute Gasteiger partial charge is 0.293 e. The Balaban J connectivity index is 2.84. The van der Waals surface area contributed by atoms with Gasteiger partial charge in [-0.15, -0.1) is 0 Å². The van der Waals surface area contributed by atoms with Crippen LogP contribution in [0.15, 0.2) is 30.3 Å². The minimum absolute atomic E-state index is 0.0141. The molecule has 0 aliphatic heterocycles. The summed E-state index contributed by atoms with van der Waals surface area (Å²) in [6.07, 6.45) is 0. The van der Waals surface area contributed by atoms with Gasteiger partial charge in [-0.3, -0.25) is 4.79 Å². The Kier molecular flexibility index (Phi) is 3.26. The first-order valence-electron chi connectivity index (χ1n) is 5.21. The molecule has 84 valence electrons. The standard InChI is InChI=1S/C14H10BrNO/c1-9-12(8-16)10-5-3-2-4-6-11(10)14(9)13(17)7-15/h2-6H,7H2,1H3. The molecule has 2 nitrogen and oxygen atoms in total. The second-order valence-corrected chi connectivity index (χ2v) is 4.34. The van der Waals surface area contributed by atoms with Crippen molar-refractivity contribution in [2.45, 2.75) is 6.92 Å². The molecule has 0 aromatic rings. The number of hydrogen-bond acceptors (Lipinski definition) is 2. The Morgan fingerprint density at radius 3 is 2.53 bits per heavy atom. The molecule has 0 saturated heterocycles. The van der Waals surface area contributed by atoms with E-state index in [2.05, 4.69) is 22.0 Å². The number of Topliss-reactive ketones (excluding diaryl/α,β-unsaturated/α-hetero) is 1. The second kappa shape index (κ2) is 4.68. The molecule has 3 heteroatoms. The van der Waals surface area contributed by atoms with Crippen molar-refractivity contribution in [2.24, 2.45) is 0 Å². The van der Waals surface area contributed by atoms with E-state index < -0.39 is 0 Å². The van der Waals surface area contributed by atoms with Crippen molar-refractivity contribution in [1.82, 2.24) is 0 Å². The Hall–Kier alpha value is -1.66. The summed E-state index contributed by atoms with van der Waals surface area (Å²) in [6, 6.07) is 11.6. The predicted molar refractivity (Wildman–Crippen MR) is 70.6 cm³/mol. The van der Waals surface area contributed by atoms with E-state index in [9.17, 15) is 10.1 Å². The van der Waals surface area contributed by atoms with Crippen molar-refractivity contribution in [2.75, 3.05) is 5.33 Å². The number of nitriles is 1. The fourth-order valence-corrected chi connectivity index (χ4v) is 2.36. The normalized spacial score (nSPS) is 10.2. The number of nitrogens with zero attached hydrogens (tertiary/aromatic N) is 1. The molecule has 0 spiro atoms. The van der Waals surface area contributed by atoms with Gasteiger partial charge in [-0.2, -0.15) is 5.26 Å². The zero-order valence-electron chi connectivity index (χ0n) is 9.33. The molecular weight excluding hydrogens is 278 g/mol. The summed E-state index contributed by atoms with van der Waals surface area (Å²) in [6.45, 7) is 1.83. The third-order valence-corrected chi connectivity index (χ3v) is 3.35. The summed E-state index contributed by atoms with van der Waals surface area (Å²) < 4.78 is 0. The molecule has 2 rings (SSSR count). The average Bonchev–Trinajstić information content (AvgIpc) is 2.50. The molecule has 0 unspecified atom stereocenters. The van der Waals surface area contributed by atoms with Gasteiger partial charge in [-0.25, -0.2) is 0 Å². The Bertz CT molecular complexity index is 598. The number of fused-ring (bicyclic) bond motifs is 1. The van der Waals surface area contributed by atoms with Gasteiger partial charge < -0.3 is 0 Å². The van der Waals surface area contributed by atoms with E-state index in [4.69, 9.17) is 0 Å². The molecule has 17 heavy (non-hydrogen) atoms. The number of carbonyl (C=O) groups excluding carboxylic acids is 1. The van der Waals surface area contributed by atoms with Crippen LogP contribution in [0.3, 0.4) is 0 Å². The highest BCUT2D eigenvalue weighted by atomic mass is 79.9. The maximum atomic E-state index is 11.9. The summed E-state index contributed by atoms with van der Waals surface area (Å²) in [5, 5.41) is 9.47. The van der Waals surface area contributed by atoms with Crippen LogP contribution in [0.2, 0.25) is 0 Å². The van der Waals surface area contributed by atoms with Crippen molar-refractivity contribution in [3.63, 3.8) is 0 Å². The van der Waals surface area contributed by atoms with Gasteiger partial charge >= 0.3 is 0 Å². The minimum Gasteiger partial charge on any atom is -0.293 e. The van der Waals surface area contributed by atoms with E-state index >= 15 is 0 Å². The number of rotatable bonds is 2. The van der Waals surface area contributed by atoms with Crippen LogP contribution >= 0.6 is 15.9 Å². The van der Waals surface area contributed by atoms with Gasteiger partial charge in [0.15, 0.2) is 5.78 Å². The molecule has 0 fully saturated rings. The van der Waals surface area contributed by atoms with Crippen LogP contribution in [0.25, 0.3) is 11.1 Å². The Morgan fingerprint density at radius 1 is 1.29 bits per heavy atom. The van der Waals surface area contributed by atoms with Gasteiger partial charge in [-0.1, -0.05) is 46.3 Å². The summed E-state index contributed by atoms with van der Waals surface area (Å²) in [7, 11) is 0. The number of halogens is 1. The van der Waals surface area contributed by atoms with Crippen molar-refractivity contribution >= 4 is 21.7 Å². The highest BCUT2D eigenvalue weighted by Crippen LogP contribution is 2.35. The fourth-order valence-electron chi connectivity index (χ4n) is 2.08. The molecule has 0 aromatic carbocycles. The van der Waals surface area contributed by atoms with Gasteiger partial charge in [0.05, 0.1) is 10.9 Å². The number of hydrogen-bond donors (Lipinski definition) is 0. The highest BCUT2D eigenvalue weighted by Gasteiger charge is 2.23. The molecule has 0 amide bonds. The zero-order chi connectivity index (χ0) is 12.4. The maximum Gasteiger partial charge on any atom is 0.174 e. The maximum absolute atomic E-state index is 11.9. The Labute approximate surface area is 108 Å². The lowest BCUT2D eigenvalue weighted by molar-refractivity contribution is 0.102. The lowest BCUT2D eigenvalue weighted by Crippen LogP contribution is -2.01. The first kappa shape index (κ1) is 11.8. The SMILES string of the molecule is Cc1c(C#N)c2cccccc-2c1C(=O)CBr. The van der Waals surface area contributed by atoms with E-state index in [1.165, 1.54) is 0 Å². The number of carbonyl (C=O) groups is 1. The molecular formula is C14H10BrNO. The van der Waals surface area contributed by atoms with Gasteiger partial charge in [0, 0.05) is 11.1 Å². The third kappa shape index (κ3) is 1.85. The van der Waals surface area contributed by atoms with Crippen LogP contribution in [0.5, 0.6) is 0 Å².